The van der Waals surface area contributed by atoms with E-state index in [2.05, 4.69) is 21.2 Å². The van der Waals surface area contributed by atoms with Crippen molar-refractivity contribution in [3.05, 3.63) is 28.7 Å². The monoisotopic (exact) mass is 394 g/mol. The van der Waals surface area contributed by atoms with Gasteiger partial charge in [-0.05, 0) is 65.8 Å². The van der Waals surface area contributed by atoms with Gasteiger partial charge in [-0.1, -0.05) is 12.1 Å². The molecule has 2 fully saturated rings. The van der Waals surface area contributed by atoms with Crippen molar-refractivity contribution in [2.75, 3.05) is 26.2 Å². The Morgan fingerprint density at radius 1 is 1.14 bits per heavy atom. The third-order valence-corrected chi connectivity index (χ3v) is 7.38. The topological polar surface area (TPSA) is 49.4 Å². The number of halogens is 2. The lowest BCUT2D eigenvalue weighted by atomic mass is 9.78. The number of benzene rings is 1. The molecule has 1 spiro atoms. The Balaban J connectivity index is 0.00000161. The molecule has 2 aliphatic rings. The number of hydrogen-bond donors (Lipinski definition) is 1. The van der Waals surface area contributed by atoms with Crippen molar-refractivity contribution in [2.24, 2.45) is 5.41 Å². The zero-order valence-corrected chi connectivity index (χ0v) is 14.9. The van der Waals surface area contributed by atoms with E-state index in [-0.39, 0.29) is 17.8 Å². The van der Waals surface area contributed by atoms with Crippen LogP contribution in [0, 0.1) is 5.41 Å². The molecule has 0 radical (unpaired) electrons. The largest absolute Gasteiger partial charge is 0.317 e. The van der Waals surface area contributed by atoms with Gasteiger partial charge in [0.15, 0.2) is 0 Å². The molecule has 0 bridgehead atoms. The highest BCUT2D eigenvalue weighted by molar-refractivity contribution is 9.10. The van der Waals surface area contributed by atoms with Crippen molar-refractivity contribution < 1.29 is 8.42 Å². The molecule has 0 amide bonds. The summed E-state index contributed by atoms with van der Waals surface area (Å²) in [7, 11) is -3.38. The van der Waals surface area contributed by atoms with Gasteiger partial charge < -0.3 is 5.32 Å². The number of hydrogen-bond acceptors (Lipinski definition) is 3. The van der Waals surface area contributed by atoms with Crippen LogP contribution < -0.4 is 5.32 Å². The molecule has 2 heterocycles. The highest BCUT2D eigenvalue weighted by atomic mass is 79.9. The van der Waals surface area contributed by atoms with Gasteiger partial charge >= 0.3 is 0 Å². The first-order valence-corrected chi connectivity index (χ1v) is 9.22. The van der Waals surface area contributed by atoms with Crippen LogP contribution in [0.25, 0.3) is 0 Å². The van der Waals surface area contributed by atoms with Crippen LogP contribution in [0.3, 0.4) is 0 Å². The van der Waals surface area contributed by atoms with Crippen molar-refractivity contribution in [1.29, 1.82) is 0 Å². The van der Waals surface area contributed by atoms with E-state index in [0.717, 1.165) is 32.4 Å². The second kappa shape index (κ2) is 6.54. The molecule has 0 unspecified atom stereocenters. The molecule has 0 saturated carbocycles. The minimum Gasteiger partial charge on any atom is -0.317 e. The van der Waals surface area contributed by atoms with Crippen LogP contribution in [0.2, 0.25) is 0 Å². The third-order valence-electron chi connectivity index (χ3n) is 4.52. The van der Waals surface area contributed by atoms with Crippen LogP contribution in [0.5, 0.6) is 0 Å². The first-order chi connectivity index (χ1) is 9.54. The van der Waals surface area contributed by atoms with Gasteiger partial charge in [0.1, 0.15) is 0 Å². The van der Waals surface area contributed by atoms with Gasteiger partial charge in [-0.2, -0.15) is 4.31 Å². The van der Waals surface area contributed by atoms with E-state index < -0.39 is 10.0 Å². The molecule has 4 nitrogen and oxygen atoms in total. The minimum absolute atomic E-state index is 0. The lowest BCUT2D eigenvalue weighted by Crippen LogP contribution is -2.39. The van der Waals surface area contributed by atoms with Crippen LogP contribution in [0.4, 0.5) is 0 Å². The Labute approximate surface area is 140 Å². The summed E-state index contributed by atoms with van der Waals surface area (Å²) in [5.74, 6) is 0. The summed E-state index contributed by atoms with van der Waals surface area (Å²) in [4.78, 5) is 0.381. The standard InChI is InChI=1S/C14H19BrN2O2S.ClH/c15-12-3-1-2-4-13(12)20(18,19)17-10-7-14(11-17)5-8-16-9-6-14;/h1-4,16H,5-11H2;1H. The highest BCUT2D eigenvalue weighted by Crippen LogP contribution is 2.41. The summed E-state index contributed by atoms with van der Waals surface area (Å²) in [6.45, 7) is 3.31. The molecule has 1 aromatic carbocycles. The maximum Gasteiger partial charge on any atom is 0.244 e. The lowest BCUT2D eigenvalue weighted by molar-refractivity contribution is 0.218. The molecule has 118 valence electrons. The Hall–Kier alpha value is -0.140. The molecule has 2 saturated heterocycles. The van der Waals surface area contributed by atoms with E-state index >= 15 is 0 Å². The number of rotatable bonds is 2. The van der Waals surface area contributed by atoms with E-state index in [1.54, 1.807) is 22.5 Å². The Bertz CT molecular complexity index is 603. The van der Waals surface area contributed by atoms with Crippen molar-refractivity contribution in [1.82, 2.24) is 9.62 Å². The SMILES string of the molecule is Cl.O=S(=O)(c1ccccc1Br)N1CCC2(CCNCC2)C1. The van der Waals surface area contributed by atoms with Crippen LogP contribution in [0.15, 0.2) is 33.6 Å². The summed E-state index contributed by atoms with van der Waals surface area (Å²) in [6, 6.07) is 7.06. The van der Waals surface area contributed by atoms with Gasteiger partial charge in [0.05, 0.1) is 4.90 Å². The fourth-order valence-corrected chi connectivity index (χ4v) is 5.77. The summed E-state index contributed by atoms with van der Waals surface area (Å²) < 4.78 is 27.8. The van der Waals surface area contributed by atoms with Crippen LogP contribution in [-0.4, -0.2) is 38.9 Å². The van der Waals surface area contributed by atoms with E-state index in [9.17, 15) is 8.42 Å². The van der Waals surface area contributed by atoms with Gasteiger partial charge in [0.25, 0.3) is 0 Å². The quantitative estimate of drug-likeness (QED) is 0.837. The first-order valence-electron chi connectivity index (χ1n) is 6.99. The molecule has 7 heteroatoms. The zero-order valence-electron chi connectivity index (χ0n) is 11.7. The summed E-state index contributed by atoms with van der Waals surface area (Å²) in [6.07, 6.45) is 3.14. The molecule has 0 aliphatic carbocycles. The first kappa shape index (κ1) is 17.2. The molecular weight excluding hydrogens is 376 g/mol. The summed E-state index contributed by atoms with van der Waals surface area (Å²) >= 11 is 3.35. The Kier molecular flexibility index (Phi) is 5.36. The highest BCUT2D eigenvalue weighted by Gasteiger charge is 2.43. The molecule has 3 rings (SSSR count). The maximum absolute atomic E-state index is 12.8. The minimum atomic E-state index is -3.38. The maximum atomic E-state index is 12.8. The average molecular weight is 396 g/mol. The van der Waals surface area contributed by atoms with Crippen LogP contribution >= 0.6 is 28.3 Å². The molecule has 1 aromatic rings. The predicted molar refractivity (Wildman–Crippen MR) is 89.3 cm³/mol. The van der Waals surface area contributed by atoms with Gasteiger partial charge in [0.2, 0.25) is 10.0 Å². The fourth-order valence-electron chi connectivity index (χ4n) is 3.26. The van der Waals surface area contributed by atoms with Crippen LogP contribution in [0.1, 0.15) is 19.3 Å². The van der Waals surface area contributed by atoms with E-state index in [4.69, 9.17) is 0 Å². The van der Waals surface area contributed by atoms with Crippen molar-refractivity contribution >= 4 is 38.4 Å². The third kappa shape index (κ3) is 3.29. The van der Waals surface area contributed by atoms with Crippen molar-refractivity contribution in [3.63, 3.8) is 0 Å². The molecular formula is C14H20BrClN2O2S. The molecule has 2 aliphatic heterocycles. The molecule has 0 aromatic heterocycles. The normalized spacial score (nSPS) is 22.1. The average Bonchev–Trinajstić information content (AvgIpc) is 2.84. The summed E-state index contributed by atoms with van der Waals surface area (Å²) in [5, 5.41) is 3.35. The lowest BCUT2D eigenvalue weighted by Gasteiger charge is -2.33. The smallest absolute Gasteiger partial charge is 0.244 e. The second-order valence-electron chi connectivity index (χ2n) is 5.77. The molecule has 1 N–H and O–H groups in total. The number of nitrogens with one attached hydrogen (secondary N) is 1. The van der Waals surface area contributed by atoms with E-state index in [1.807, 2.05) is 6.07 Å². The predicted octanol–water partition coefficient (Wildman–Crippen LogP) is 2.64. The number of piperidine rings is 1. The Morgan fingerprint density at radius 2 is 1.81 bits per heavy atom. The van der Waals surface area contributed by atoms with E-state index in [1.165, 1.54) is 0 Å². The second-order valence-corrected chi connectivity index (χ2v) is 8.53. The number of sulfonamides is 1. The fraction of sp³-hybridized carbons (Fsp3) is 0.571. The molecule has 21 heavy (non-hydrogen) atoms. The van der Waals surface area contributed by atoms with Gasteiger partial charge in [0, 0.05) is 17.6 Å². The van der Waals surface area contributed by atoms with Gasteiger partial charge in [-0.15, -0.1) is 12.4 Å². The zero-order chi connectivity index (χ0) is 14.2. The molecule has 0 atom stereocenters. The summed E-state index contributed by atoms with van der Waals surface area (Å²) in [5.41, 5.74) is 0.194. The van der Waals surface area contributed by atoms with E-state index in [0.29, 0.717) is 22.5 Å². The van der Waals surface area contributed by atoms with Crippen molar-refractivity contribution in [2.45, 2.75) is 24.2 Å². The van der Waals surface area contributed by atoms with Crippen LogP contribution in [-0.2, 0) is 10.0 Å². The van der Waals surface area contributed by atoms with Gasteiger partial charge in [-0.3, -0.25) is 0 Å². The Morgan fingerprint density at radius 3 is 2.48 bits per heavy atom. The van der Waals surface area contributed by atoms with Crippen molar-refractivity contribution in [3.8, 4) is 0 Å². The number of nitrogens with zero attached hydrogens (tertiary/aromatic N) is 1. The van der Waals surface area contributed by atoms with Gasteiger partial charge in [-0.25, -0.2) is 8.42 Å².